The quantitative estimate of drug-likeness (QED) is 0.799. The lowest BCUT2D eigenvalue weighted by Crippen LogP contribution is -2.44. The Balaban J connectivity index is 2.16. The van der Waals surface area contributed by atoms with Crippen LogP contribution in [-0.4, -0.2) is 26.0 Å². The van der Waals surface area contributed by atoms with E-state index >= 15 is 0 Å². The van der Waals surface area contributed by atoms with Crippen molar-refractivity contribution in [1.29, 1.82) is 0 Å². The molecule has 0 aromatic heterocycles. The third kappa shape index (κ3) is 2.19. The Hall–Kier alpha value is -0.870. The molecule has 0 amide bonds. The summed E-state index contributed by atoms with van der Waals surface area (Å²) in [7, 11) is -3.05. The van der Waals surface area contributed by atoms with Crippen molar-refractivity contribution in [3.05, 3.63) is 35.4 Å². The first kappa shape index (κ1) is 14.1. The van der Waals surface area contributed by atoms with Gasteiger partial charge in [-0.15, -0.1) is 0 Å². The van der Waals surface area contributed by atoms with Crippen LogP contribution in [0.1, 0.15) is 44.4 Å². The first-order chi connectivity index (χ1) is 9.31. The maximum absolute atomic E-state index is 12.7. The van der Waals surface area contributed by atoms with Crippen LogP contribution in [0.3, 0.4) is 0 Å². The van der Waals surface area contributed by atoms with Crippen LogP contribution in [0.25, 0.3) is 0 Å². The molecule has 1 aromatic carbocycles. The molecule has 0 bridgehead atoms. The highest BCUT2D eigenvalue weighted by Crippen LogP contribution is 2.45. The minimum atomic E-state index is -3.05. The number of sulfone groups is 1. The minimum absolute atomic E-state index is 0.0471. The number of fused-ring (bicyclic) bond motifs is 3. The minimum Gasteiger partial charge on any atom is -0.309 e. The first-order valence-corrected chi connectivity index (χ1v) is 9.07. The van der Waals surface area contributed by atoms with Crippen LogP contribution in [0.15, 0.2) is 24.3 Å². The highest BCUT2D eigenvalue weighted by atomic mass is 32.2. The van der Waals surface area contributed by atoms with Crippen molar-refractivity contribution in [3.8, 4) is 0 Å². The zero-order valence-electron chi connectivity index (χ0n) is 12.4. The molecular formula is C16H23NO2S. The van der Waals surface area contributed by atoms with Gasteiger partial charge in [0.2, 0.25) is 0 Å². The van der Waals surface area contributed by atoms with Crippen molar-refractivity contribution in [2.24, 2.45) is 5.92 Å². The Morgan fingerprint density at radius 3 is 2.70 bits per heavy atom. The van der Waals surface area contributed by atoms with Gasteiger partial charge in [0.05, 0.1) is 11.0 Å². The van der Waals surface area contributed by atoms with Crippen LogP contribution >= 0.6 is 0 Å². The van der Waals surface area contributed by atoms with Crippen LogP contribution in [0.5, 0.6) is 0 Å². The van der Waals surface area contributed by atoms with Gasteiger partial charge in [-0.3, -0.25) is 0 Å². The summed E-state index contributed by atoms with van der Waals surface area (Å²) in [5, 5.41) is 3.21. The summed E-state index contributed by atoms with van der Waals surface area (Å²) in [6.45, 7) is 7.10. The summed E-state index contributed by atoms with van der Waals surface area (Å²) < 4.78 is 25.4. The molecule has 3 nitrogen and oxygen atoms in total. The largest absolute Gasteiger partial charge is 0.309 e. The van der Waals surface area contributed by atoms with E-state index in [-0.39, 0.29) is 22.6 Å². The molecule has 0 saturated carbocycles. The molecule has 1 fully saturated rings. The number of hydrogen-bond donors (Lipinski definition) is 1. The molecule has 1 N–H and O–H groups in total. The Morgan fingerprint density at radius 1 is 1.25 bits per heavy atom. The number of rotatable bonds is 0. The standard InChI is InChI=1S/C16H23NO2S/c1-11-9-17-15-12-6-4-5-7-13(12)16(2,3)8-14(15)20(18,19)10-11/h4-7,11,14-15,17H,8-10H2,1-3H3. The number of hydrogen-bond acceptors (Lipinski definition) is 3. The second-order valence-electron chi connectivity index (χ2n) is 7.03. The fourth-order valence-electron chi connectivity index (χ4n) is 3.80. The number of benzene rings is 1. The normalized spacial score (nSPS) is 34.6. The Morgan fingerprint density at radius 2 is 1.95 bits per heavy atom. The lowest BCUT2D eigenvalue weighted by Gasteiger charge is -2.41. The SMILES string of the molecule is CC1CNC2c3ccccc3C(C)(C)CC2S(=O)(=O)C1. The molecule has 2 aliphatic rings. The zero-order valence-corrected chi connectivity index (χ0v) is 13.2. The van der Waals surface area contributed by atoms with Crippen molar-refractivity contribution >= 4 is 9.84 Å². The smallest absolute Gasteiger partial charge is 0.155 e. The van der Waals surface area contributed by atoms with Crippen molar-refractivity contribution in [2.45, 2.75) is 43.9 Å². The molecule has 1 aromatic rings. The van der Waals surface area contributed by atoms with E-state index in [9.17, 15) is 8.42 Å². The molecule has 4 heteroatoms. The average Bonchev–Trinajstić information content (AvgIpc) is 2.46. The first-order valence-electron chi connectivity index (χ1n) is 7.35. The molecule has 3 rings (SSSR count). The third-order valence-corrected chi connectivity index (χ3v) is 7.17. The van der Waals surface area contributed by atoms with E-state index in [2.05, 4.69) is 37.4 Å². The lowest BCUT2D eigenvalue weighted by atomic mass is 9.70. The molecule has 0 radical (unpaired) electrons. The van der Waals surface area contributed by atoms with Crippen LogP contribution in [0.4, 0.5) is 0 Å². The molecule has 0 spiro atoms. The van der Waals surface area contributed by atoms with Gasteiger partial charge in [0.1, 0.15) is 0 Å². The molecule has 1 aliphatic carbocycles. The van der Waals surface area contributed by atoms with Crippen LogP contribution in [0, 0.1) is 5.92 Å². The Labute approximate surface area is 121 Å². The van der Waals surface area contributed by atoms with Crippen LogP contribution < -0.4 is 5.32 Å². The molecule has 20 heavy (non-hydrogen) atoms. The van der Waals surface area contributed by atoms with Gasteiger partial charge in [0, 0.05) is 6.04 Å². The predicted molar refractivity (Wildman–Crippen MR) is 81.6 cm³/mol. The van der Waals surface area contributed by atoms with E-state index in [1.807, 2.05) is 13.0 Å². The molecule has 3 atom stereocenters. The van der Waals surface area contributed by atoms with Gasteiger partial charge in [-0.05, 0) is 35.4 Å². The highest BCUT2D eigenvalue weighted by molar-refractivity contribution is 7.92. The number of nitrogens with one attached hydrogen (secondary N) is 1. The monoisotopic (exact) mass is 293 g/mol. The van der Waals surface area contributed by atoms with Crippen LogP contribution in [-0.2, 0) is 15.3 Å². The maximum atomic E-state index is 12.7. The second-order valence-corrected chi connectivity index (χ2v) is 9.30. The summed E-state index contributed by atoms with van der Waals surface area (Å²) in [4.78, 5) is 0. The fraction of sp³-hybridized carbons (Fsp3) is 0.625. The molecule has 1 heterocycles. The van der Waals surface area contributed by atoms with Crippen LogP contribution in [0.2, 0.25) is 0 Å². The Kier molecular flexibility index (Phi) is 3.22. The third-order valence-electron chi connectivity index (χ3n) is 4.77. The molecule has 1 saturated heterocycles. The summed E-state index contributed by atoms with van der Waals surface area (Å²) in [6, 6.07) is 8.25. The average molecular weight is 293 g/mol. The summed E-state index contributed by atoms with van der Waals surface area (Å²) in [5.74, 6) is 0.486. The van der Waals surface area contributed by atoms with Crippen molar-refractivity contribution in [1.82, 2.24) is 5.32 Å². The van der Waals surface area contributed by atoms with E-state index in [1.54, 1.807) is 0 Å². The van der Waals surface area contributed by atoms with E-state index in [0.717, 1.165) is 6.54 Å². The van der Waals surface area contributed by atoms with Gasteiger partial charge in [0.15, 0.2) is 9.84 Å². The molecule has 1 aliphatic heterocycles. The van der Waals surface area contributed by atoms with E-state index in [4.69, 9.17) is 0 Å². The summed E-state index contributed by atoms with van der Waals surface area (Å²) >= 11 is 0. The topological polar surface area (TPSA) is 46.2 Å². The zero-order chi connectivity index (χ0) is 14.5. The van der Waals surface area contributed by atoms with Gasteiger partial charge in [-0.2, -0.15) is 0 Å². The lowest BCUT2D eigenvalue weighted by molar-refractivity contribution is 0.359. The van der Waals surface area contributed by atoms with E-state index in [0.29, 0.717) is 12.2 Å². The maximum Gasteiger partial charge on any atom is 0.155 e. The fourth-order valence-corrected chi connectivity index (χ4v) is 6.28. The second kappa shape index (κ2) is 4.57. The predicted octanol–water partition coefficient (Wildman–Crippen LogP) is 2.43. The summed E-state index contributed by atoms with van der Waals surface area (Å²) in [6.07, 6.45) is 0.705. The van der Waals surface area contributed by atoms with Gasteiger partial charge >= 0.3 is 0 Å². The van der Waals surface area contributed by atoms with E-state index in [1.165, 1.54) is 11.1 Å². The van der Waals surface area contributed by atoms with Gasteiger partial charge in [0.25, 0.3) is 0 Å². The van der Waals surface area contributed by atoms with Crippen molar-refractivity contribution < 1.29 is 8.42 Å². The molecular weight excluding hydrogens is 270 g/mol. The highest BCUT2D eigenvalue weighted by Gasteiger charge is 2.46. The van der Waals surface area contributed by atoms with Crippen molar-refractivity contribution in [2.75, 3.05) is 12.3 Å². The van der Waals surface area contributed by atoms with Gasteiger partial charge in [-0.25, -0.2) is 8.42 Å². The summed E-state index contributed by atoms with van der Waals surface area (Å²) in [5.41, 5.74) is 2.38. The van der Waals surface area contributed by atoms with E-state index < -0.39 is 9.84 Å². The Bertz CT molecular complexity index is 621. The molecule has 3 unspecified atom stereocenters. The van der Waals surface area contributed by atoms with Gasteiger partial charge in [-0.1, -0.05) is 45.0 Å². The van der Waals surface area contributed by atoms with Crippen molar-refractivity contribution in [3.63, 3.8) is 0 Å². The van der Waals surface area contributed by atoms with Gasteiger partial charge < -0.3 is 5.32 Å². The molecule has 110 valence electrons.